The van der Waals surface area contributed by atoms with Crippen LogP contribution >= 0.6 is 11.3 Å². The first-order valence-corrected chi connectivity index (χ1v) is 15.8. The van der Waals surface area contributed by atoms with Crippen LogP contribution in [0.5, 0.6) is 0 Å². The Morgan fingerprint density at radius 3 is 2.07 bits per heavy atom. The van der Waals surface area contributed by atoms with Crippen LogP contribution in [-0.4, -0.2) is 15.0 Å². The lowest BCUT2D eigenvalue weighted by Crippen LogP contribution is -2.14. The molecule has 3 nitrogen and oxygen atoms in total. The third kappa shape index (κ3) is 3.78. The summed E-state index contributed by atoms with van der Waals surface area (Å²) in [5, 5.41) is 4.83. The van der Waals surface area contributed by atoms with Gasteiger partial charge in [0, 0.05) is 42.3 Å². The average molecular weight is 582 g/mol. The summed E-state index contributed by atoms with van der Waals surface area (Å²) in [6, 6.07) is 45.3. The van der Waals surface area contributed by atoms with E-state index in [1.165, 1.54) is 53.2 Å². The van der Waals surface area contributed by atoms with Crippen LogP contribution in [0.25, 0.3) is 76.2 Å². The summed E-state index contributed by atoms with van der Waals surface area (Å²) in [6.07, 6.45) is 0. The second kappa shape index (κ2) is 9.40. The van der Waals surface area contributed by atoms with Gasteiger partial charge in [-0.05, 0) is 63.4 Å². The van der Waals surface area contributed by atoms with Crippen molar-refractivity contribution in [1.82, 2.24) is 15.0 Å². The van der Waals surface area contributed by atoms with Crippen molar-refractivity contribution in [3.05, 3.63) is 139 Å². The molecule has 0 unspecified atom stereocenters. The molecule has 2 heterocycles. The van der Waals surface area contributed by atoms with Gasteiger partial charge in [-0.25, -0.2) is 15.0 Å². The van der Waals surface area contributed by atoms with Gasteiger partial charge in [0.15, 0.2) is 17.5 Å². The lowest BCUT2D eigenvalue weighted by atomic mass is 9.82. The SMILES string of the molecule is CC1(C)c2ccccc2-c2cc3cc(-c4nc(-c5ccccc5)nc(-c5cccc6sc7ccccc7c56)n4)ccc3cc21. The Morgan fingerprint density at radius 2 is 1.18 bits per heavy atom. The van der Waals surface area contributed by atoms with Crippen molar-refractivity contribution >= 4 is 42.3 Å². The van der Waals surface area contributed by atoms with Gasteiger partial charge in [-0.15, -0.1) is 11.3 Å². The van der Waals surface area contributed by atoms with Gasteiger partial charge in [-0.1, -0.05) is 111 Å². The van der Waals surface area contributed by atoms with Crippen molar-refractivity contribution in [1.29, 1.82) is 0 Å². The maximum absolute atomic E-state index is 5.16. The van der Waals surface area contributed by atoms with Crippen LogP contribution in [0.2, 0.25) is 0 Å². The van der Waals surface area contributed by atoms with Crippen molar-refractivity contribution in [3.63, 3.8) is 0 Å². The Kier molecular flexibility index (Phi) is 5.41. The van der Waals surface area contributed by atoms with Gasteiger partial charge < -0.3 is 0 Å². The topological polar surface area (TPSA) is 38.7 Å². The fourth-order valence-corrected chi connectivity index (χ4v) is 8.02. The number of benzene rings is 6. The Balaban J connectivity index is 1.26. The van der Waals surface area contributed by atoms with Gasteiger partial charge in [0.05, 0.1) is 0 Å². The first kappa shape index (κ1) is 25.3. The van der Waals surface area contributed by atoms with Crippen molar-refractivity contribution < 1.29 is 0 Å². The molecule has 0 saturated carbocycles. The fourth-order valence-electron chi connectivity index (χ4n) is 6.89. The third-order valence-corrected chi connectivity index (χ3v) is 10.2. The number of fused-ring (bicyclic) bond motifs is 7. The molecule has 2 aromatic heterocycles. The van der Waals surface area contributed by atoms with E-state index in [2.05, 4.69) is 123 Å². The molecule has 0 spiro atoms. The van der Waals surface area contributed by atoms with E-state index in [0.29, 0.717) is 17.5 Å². The van der Waals surface area contributed by atoms with E-state index in [1.807, 2.05) is 18.2 Å². The molecule has 1 aliphatic rings. The van der Waals surface area contributed by atoms with Gasteiger partial charge in [0.1, 0.15) is 0 Å². The molecule has 0 radical (unpaired) electrons. The van der Waals surface area contributed by atoms with Gasteiger partial charge in [0.25, 0.3) is 0 Å². The minimum atomic E-state index is -0.0284. The monoisotopic (exact) mass is 581 g/mol. The van der Waals surface area contributed by atoms with Crippen molar-refractivity contribution in [2.45, 2.75) is 19.3 Å². The molecule has 0 bridgehead atoms. The molecule has 0 amide bonds. The Morgan fingerprint density at radius 1 is 0.477 bits per heavy atom. The maximum atomic E-state index is 5.16. The van der Waals surface area contributed by atoms with Crippen molar-refractivity contribution in [2.24, 2.45) is 0 Å². The van der Waals surface area contributed by atoms with E-state index in [4.69, 9.17) is 15.0 Å². The largest absolute Gasteiger partial charge is 0.208 e. The molecule has 0 N–H and O–H groups in total. The molecule has 9 rings (SSSR count). The Hall–Kier alpha value is -5.19. The van der Waals surface area contributed by atoms with Gasteiger partial charge in [0.2, 0.25) is 0 Å². The number of nitrogens with zero attached hydrogens (tertiary/aromatic N) is 3. The van der Waals surface area contributed by atoms with Crippen LogP contribution in [0.3, 0.4) is 0 Å². The summed E-state index contributed by atoms with van der Waals surface area (Å²) < 4.78 is 2.49. The standard InChI is InChI=1S/C40H27N3S/c1-40(2)32-16-8-6-13-28(32)31-22-27-21-26(20-19-25(27)23-33(31)40)38-41-37(24-11-4-3-5-12-24)42-39(43-38)30-15-10-18-35-36(30)29-14-7-9-17-34(29)44-35/h3-23H,1-2H3. The molecule has 6 aromatic carbocycles. The Labute approximate surface area is 259 Å². The van der Waals surface area contributed by atoms with Gasteiger partial charge >= 0.3 is 0 Å². The van der Waals surface area contributed by atoms with E-state index >= 15 is 0 Å². The third-order valence-electron chi connectivity index (χ3n) is 9.11. The highest BCUT2D eigenvalue weighted by molar-refractivity contribution is 7.25. The fraction of sp³-hybridized carbons (Fsp3) is 0.0750. The number of thiophene rings is 1. The molecule has 4 heteroatoms. The van der Waals surface area contributed by atoms with Crippen LogP contribution < -0.4 is 0 Å². The van der Waals surface area contributed by atoms with Crippen LogP contribution in [0.1, 0.15) is 25.0 Å². The Bertz CT molecular complexity index is 2420. The predicted molar refractivity (Wildman–Crippen MR) is 184 cm³/mol. The molecule has 0 aliphatic heterocycles. The first-order valence-electron chi connectivity index (χ1n) is 15.0. The van der Waals surface area contributed by atoms with Crippen LogP contribution in [0.4, 0.5) is 0 Å². The molecule has 208 valence electrons. The van der Waals surface area contributed by atoms with Crippen molar-refractivity contribution in [3.8, 4) is 45.3 Å². The summed E-state index contributed by atoms with van der Waals surface area (Å²) in [7, 11) is 0. The van der Waals surface area contributed by atoms with Crippen LogP contribution in [-0.2, 0) is 5.41 Å². The minimum absolute atomic E-state index is 0.0284. The number of aromatic nitrogens is 3. The summed E-state index contributed by atoms with van der Waals surface area (Å²) in [6.45, 7) is 4.65. The number of hydrogen-bond donors (Lipinski definition) is 0. The highest BCUT2D eigenvalue weighted by atomic mass is 32.1. The van der Waals surface area contributed by atoms with E-state index < -0.39 is 0 Å². The van der Waals surface area contributed by atoms with Gasteiger partial charge in [-0.2, -0.15) is 0 Å². The molecule has 44 heavy (non-hydrogen) atoms. The van der Waals surface area contributed by atoms with Crippen molar-refractivity contribution in [2.75, 3.05) is 0 Å². The second-order valence-electron chi connectivity index (χ2n) is 12.1. The van der Waals surface area contributed by atoms with Gasteiger partial charge in [-0.3, -0.25) is 0 Å². The molecule has 8 aromatic rings. The molecule has 0 fully saturated rings. The lowest BCUT2D eigenvalue weighted by molar-refractivity contribution is 0.661. The summed E-state index contributed by atoms with van der Waals surface area (Å²) >= 11 is 1.81. The maximum Gasteiger partial charge on any atom is 0.164 e. The zero-order chi connectivity index (χ0) is 29.4. The minimum Gasteiger partial charge on any atom is -0.208 e. The van der Waals surface area contributed by atoms with E-state index in [0.717, 1.165) is 16.7 Å². The highest BCUT2D eigenvalue weighted by Gasteiger charge is 2.35. The van der Waals surface area contributed by atoms with Crippen LogP contribution in [0, 0.1) is 0 Å². The molecular formula is C40H27N3S. The van der Waals surface area contributed by atoms with E-state index in [9.17, 15) is 0 Å². The summed E-state index contributed by atoms with van der Waals surface area (Å²) in [4.78, 5) is 15.3. The van der Waals surface area contributed by atoms with E-state index in [1.54, 1.807) is 11.3 Å². The molecule has 0 atom stereocenters. The number of hydrogen-bond acceptors (Lipinski definition) is 4. The zero-order valence-corrected chi connectivity index (χ0v) is 25.2. The van der Waals surface area contributed by atoms with E-state index in [-0.39, 0.29) is 5.41 Å². The summed E-state index contributed by atoms with van der Waals surface area (Å²) in [5.74, 6) is 2.04. The molecular weight excluding hydrogens is 555 g/mol. The quantitative estimate of drug-likeness (QED) is 0.208. The normalized spacial score (nSPS) is 13.4. The second-order valence-corrected chi connectivity index (χ2v) is 13.2. The van der Waals surface area contributed by atoms with Crippen LogP contribution in [0.15, 0.2) is 127 Å². The zero-order valence-electron chi connectivity index (χ0n) is 24.4. The molecule has 0 saturated heterocycles. The first-order chi connectivity index (χ1) is 21.5. The molecule has 1 aliphatic carbocycles. The smallest absolute Gasteiger partial charge is 0.164 e. The number of rotatable bonds is 3. The highest BCUT2D eigenvalue weighted by Crippen LogP contribution is 2.50. The average Bonchev–Trinajstić information content (AvgIpc) is 3.56. The predicted octanol–water partition coefficient (Wildman–Crippen LogP) is 10.7. The summed E-state index contributed by atoms with van der Waals surface area (Å²) in [5.41, 5.74) is 8.34. The lowest BCUT2D eigenvalue weighted by Gasteiger charge is -2.21.